The summed E-state index contributed by atoms with van der Waals surface area (Å²) in [5.41, 5.74) is 0.144. The first-order valence-corrected chi connectivity index (χ1v) is 6.74. The maximum atomic E-state index is 13.9. The van der Waals surface area contributed by atoms with Gasteiger partial charge in [-0.2, -0.15) is 8.78 Å². The van der Waals surface area contributed by atoms with Gasteiger partial charge in [0.15, 0.2) is 0 Å². The molecule has 1 N–H and O–H groups in total. The number of benzene rings is 1. The summed E-state index contributed by atoms with van der Waals surface area (Å²) >= 11 is 0. The summed E-state index contributed by atoms with van der Waals surface area (Å²) in [5, 5.41) is 2.93. The van der Waals surface area contributed by atoms with Crippen LogP contribution in [0.2, 0.25) is 0 Å². The molecule has 1 aliphatic rings. The van der Waals surface area contributed by atoms with Crippen LogP contribution in [0.4, 0.5) is 8.78 Å². The van der Waals surface area contributed by atoms with Crippen molar-refractivity contribution < 1.29 is 13.5 Å². The molecule has 2 rings (SSSR count). The Kier molecular flexibility index (Phi) is 4.53. The molecule has 0 radical (unpaired) electrons. The van der Waals surface area contributed by atoms with Crippen molar-refractivity contribution in [3.8, 4) is 0 Å². The average molecular weight is 269 g/mol. The molecule has 0 bridgehead atoms. The summed E-state index contributed by atoms with van der Waals surface area (Å²) in [6.07, 6.45) is 1.85. The topological polar surface area (TPSA) is 21.3 Å². The van der Waals surface area contributed by atoms with Gasteiger partial charge in [0.2, 0.25) is 0 Å². The summed E-state index contributed by atoms with van der Waals surface area (Å²) in [6.45, 7) is 3.88. The Balaban J connectivity index is 1.84. The van der Waals surface area contributed by atoms with Crippen LogP contribution in [0.1, 0.15) is 25.3 Å². The molecule has 0 aromatic heterocycles. The SMILES string of the molecule is CC1(CNCC(F)(F)c2ccccc2)CCOCC1. The smallest absolute Gasteiger partial charge is 0.285 e. The van der Waals surface area contributed by atoms with Crippen molar-refractivity contribution in [2.75, 3.05) is 26.3 Å². The second-order valence-corrected chi connectivity index (χ2v) is 5.60. The summed E-state index contributed by atoms with van der Waals surface area (Å²) in [6, 6.07) is 7.97. The molecule has 0 saturated carbocycles. The van der Waals surface area contributed by atoms with Gasteiger partial charge < -0.3 is 10.1 Å². The van der Waals surface area contributed by atoms with Gasteiger partial charge in [-0.1, -0.05) is 37.3 Å². The first kappa shape index (κ1) is 14.4. The van der Waals surface area contributed by atoms with E-state index >= 15 is 0 Å². The van der Waals surface area contributed by atoms with Crippen LogP contribution in [0.5, 0.6) is 0 Å². The predicted molar refractivity (Wildman–Crippen MR) is 71.4 cm³/mol. The first-order valence-electron chi connectivity index (χ1n) is 6.74. The molecule has 1 aromatic rings. The number of ether oxygens (including phenoxy) is 1. The quantitative estimate of drug-likeness (QED) is 0.886. The predicted octanol–water partition coefficient (Wildman–Crippen LogP) is 3.18. The van der Waals surface area contributed by atoms with Gasteiger partial charge in [0.1, 0.15) is 0 Å². The van der Waals surface area contributed by atoms with Crippen molar-refractivity contribution in [3.63, 3.8) is 0 Å². The molecule has 19 heavy (non-hydrogen) atoms. The summed E-state index contributed by atoms with van der Waals surface area (Å²) in [7, 11) is 0. The van der Waals surface area contributed by atoms with Gasteiger partial charge in [0.25, 0.3) is 5.92 Å². The monoisotopic (exact) mass is 269 g/mol. The van der Waals surface area contributed by atoms with E-state index in [4.69, 9.17) is 4.74 Å². The fraction of sp³-hybridized carbons (Fsp3) is 0.600. The highest BCUT2D eigenvalue weighted by Crippen LogP contribution is 2.30. The van der Waals surface area contributed by atoms with Crippen LogP contribution in [0.3, 0.4) is 0 Å². The average Bonchev–Trinajstić information content (AvgIpc) is 2.40. The van der Waals surface area contributed by atoms with Crippen LogP contribution in [-0.4, -0.2) is 26.3 Å². The number of halogens is 2. The molecule has 0 aliphatic carbocycles. The van der Waals surface area contributed by atoms with Crippen molar-refractivity contribution >= 4 is 0 Å². The van der Waals surface area contributed by atoms with E-state index in [1.165, 1.54) is 12.1 Å². The summed E-state index contributed by atoms with van der Waals surface area (Å²) in [5.74, 6) is -2.82. The zero-order valence-electron chi connectivity index (χ0n) is 11.3. The minimum Gasteiger partial charge on any atom is -0.381 e. The van der Waals surface area contributed by atoms with E-state index in [9.17, 15) is 8.78 Å². The first-order chi connectivity index (χ1) is 9.02. The van der Waals surface area contributed by atoms with Crippen molar-refractivity contribution in [3.05, 3.63) is 35.9 Å². The lowest BCUT2D eigenvalue weighted by atomic mass is 9.82. The van der Waals surface area contributed by atoms with Crippen LogP contribution in [0.25, 0.3) is 0 Å². The molecule has 1 heterocycles. The molecule has 1 aliphatic heterocycles. The molecule has 4 heteroatoms. The van der Waals surface area contributed by atoms with Crippen molar-refractivity contribution in [2.24, 2.45) is 5.41 Å². The highest BCUT2D eigenvalue weighted by atomic mass is 19.3. The van der Waals surface area contributed by atoms with Crippen molar-refractivity contribution in [2.45, 2.75) is 25.7 Å². The number of rotatable bonds is 5. The third-order valence-corrected chi connectivity index (χ3v) is 3.79. The Morgan fingerprint density at radius 2 is 1.84 bits per heavy atom. The van der Waals surface area contributed by atoms with Gasteiger partial charge in [-0.25, -0.2) is 0 Å². The molecular weight excluding hydrogens is 248 g/mol. The minimum atomic E-state index is -2.82. The maximum Gasteiger partial charge on any atom is 0.285 e. The van der Waals surface area contributed by atoms with Gasteiger partial charge in [-0.3, -0.25) is 0 Å². The molecule has 1 saturated heterocycles. The minimum absolute atomic E-state index is 0.0691. The lowest BCUT2D eigenvalue weighted by molar-refractivity contribution is -0.0125. The van der Waals surface area contributed by atoms with Crippen molar-refractivity contribution in [1.29, 1.82) is 0 Å². The number of hydrogen-bond acceptors (Lipinski definition) is 2. The summed E-state index contributed by atoms with van der Waals surface area (Å²) < 4.78 is 33.2. The Labute approximate surface area is 113 Å². The Bertz CT molecular complexity index is 388. The van der Waals surface area contributed by atoms with Gasteiger partial charge in [-0.15, -0.1) is 0 Å². The van der Waals surface area contributed by atoms with E-state index < -0.39 is 5.92 Å². The maximum absolute atomic E-state index is 13.9. The highest BCUT2D eigenvalue weighted by molar-refractivity contribution is 5.20. The van der Waals surface area contributed by atoms with E-state index in [-0.39, 0.29) is 17.5 Å². The van der Waals surface area contributed by atoms with Gasteiger partial charge in [0, 0.05) is 25.3 Å². The van der Waals surface area contributed by atoms with Crippen LogP contribution in [-0.2, 0) is 10.7 Å². The number of nitrogens with one attached hydrogen (secondary N) is 1. The number of hydrogen-bond donors (Lipinski definition) is 1. The fourth-order valence-electron chi connectivity index (χ4n) is 2.35. The summed E-state index contributed by atoms with van der Waals surface area (Å²) in [4.78, 5) is 0. The normalized spacial score (nSPS) is 19.3. The van der Waals surface area contributed by atoms with E-state index in [2.05, 4.69) is 12.2 Å². The second kappa shape index (κ2) is 5.97. The van der Waals surface area contributed by atoms with E-state index in [1.54, 1.807) is 18.2 Å². The van der Waals surface area contributed by atoms with Gasteiger partial charge in [-0.05, 0) is 18.3 Å². The molecular formula is C15H21F2NO. The third-order valence-electron chi connectivity index (χ3n) is 3.79. The standard InChI is InChI=1S/C15H21F2NO/c1-14(7-9-19-10-8-14)11-18-12-15(16,17)13-5-3-2-4-6-13/h2-6,18H,7-12H2,1H3. The second-order valence-electron chi connectivity index (χ2n) is 5.60. The van der Waals surface area contributed by atoms with Crippen LogP contribution < -0.4 is 5.32 Å². The molecule has 0 atom stereocenters. The van der Waals surface area contributed by atoms with Crippen LogP contribution >= 0.6 is 0 Å². The number of alkyl halides is 2. The van der Waals surface area contributed by atoms with Crippen molar-refractivity contribution in [1.82, 2.24) is 5.32 Å². The molecule has 106 valence electrons. The van der Waals surface area contributed by atoms with Gasteiger partial charge >= 0.3 is 0 Å². The fourth-order valence-corrected chi connectivity index (χ4v) is 2.35. The largest absolute Gasteiger partial charge is 0.381 e. The highest BCUT2D eigenvalue weighted by Gasteiger charge is 2.33. The lowest BCUT2D eigenvalue weighted by Crippen LogP contribution is -2.40. The molecule has 0 unspecified atom stereocenters. The van der Waals surface area contributed by atoms with E-state index in [1.807, 2.05) is 0 Å². The molecule has 1 aromatic carbocycles. The molecule has 1 fully saturated rings. The van der Waals surface area contributed by atoms with Crippen LogP contribution in [0, 0.1) is 5.41 Å². The Morgan fingerprint density at radius 3 is 2.47 bits per heavy atom. The third kappa shape index (κ3) is 3.98. The van der Waals surface area contributed by atoms with Crippen LogP contribution in [0.15, 0.2) is 30.3 Å². The Hall–Kier alpha value is -1.00. The zero-order chi connectivity index (χ0) is 13.8. The van der Waals surface area contributed by atoms with E-state index in [0.29, 0.717) is 6.54 Å². The van der Waals surface area contributed by atoms with E-state index in [0.717, 1.165) is 26.1 Å². The molecule has 2 nitrogen and oxygen atoms in total. The molecule has 0 amide bonds. The molecule has 0 spiro atoms. The lowest BCUT2D eigenvalue weighted by Gasteiger charge is -2.34. The van der Waals surface area contributed by atoms with Gasteiger partial charge in [0.05, 0.1) is 6.54 Å². The zero-order valence-corrected chi connectivity index (χ0v) is 11.3. The Morgan fingerprint density at radius 1 is 1.21 bits per heavy atom.